The number of carboxylic acids is 1. The van der Waals surface area contributed by atoms with Crippen LogP contribution in [0, 0.1) is 5.92 Å². The predicted octanol–water partition coefficient (Wildman–Crippen LogP) is 1.84. The Kier molecular flexibility index (Phi) is 3.86. The van der Waals surface area contributed by atoms with Crippen molar-refractivity contribution in [1.29, 1.82) is 0 Å². The lowest BCUT2D eigenvalue weighted by Crippen LogP contribution is -2.38. The molecule has 0 aliphatic carbocycles. The van der Waals surface area contributed by atoms with Crippen molar-refractivity contribution in [2.24, 2.45) is 11.7 Å². The molecular weight excluding hydrogens is 190 g/mol. The summed E-state index contributed by atoms with van der Waals surface area (Å²) in [5.41, 5.74) is 6.68. The molecule has 0 amide bonds. The maximum atomic E-state index is 10.9. The molecule has 2 atom stereocenters. The van der Waals surface area contributed by atoms with Gasteiger partial charge in [-0.05, 0) is 11.5 Å². The Morgan fingerprint density at radius 2 is 1.80 bits per heavy atom. The van der Waals surface area contributed by atoms with E-state index in [-0.39, 0.29) is 11.8 Å². The Morgan fingerprint density at radius 1 is 1.27 bits per heavy atom. The smallest absolute Gasteiger partial charge is 0.321 e. The monoisotopic (exact) mass is 207 g/mol. The summed E-state index contributed by atoms with van der Waals surface area (Å²) in [7, 11) is 0. The first-order valence-electron chi connectivity index (χ1n) is 5.07. The molecule has 0 spiro atoms. The number of rotatable bonds is 4. The van der Waals surface area contributed by atoms with Gasteiger partial charge in [0.25, 0.3) is 0 Å². The number of aliphatic carboxylic acids is 1. The van der Waals surface area contributed by atoms with Gasteiger partial charge in [-0.3, -0.25) is 4.79 Å². The van der Waals surface area contributed by atoms with Crippen LogP contribution in [0.4, 0.5) is 0 Å². The van der Waals surface area contributed by atoms with E-state index in [0.717, 1.165) is 5.56 Å². The van der Waals surface area contributed by atoms with Crippen molar-refractivity contribution in [3.8, 4) is 0 Å². The molecule has 3 nitrogen and oxygen atoms in total. The molecule has 3 heteroatoms. The summed E-state index contributed by atoms with van der Waals surface area (Å²) in [6.45, 7) is 3.97. The molecule has 0 saturated heterocycles. The van der Waals surface area contributed by atoms with Crippen LogP contribution in [0.3, 0.4) is 0 Å². The van der Waals surface area contributed by atoms with Crippen molar-refractivity contribution in [3.63, 3.8) is 0 Å². The molecule has 15 heavy (non-hydrogen) atoms. The summed E-state index contributed by atoms with van der Waals surface area (Å²) in [6.07, 6.45) is 0. The van der Waals surface area contributed by atoms with Gasteiger partial charge >= 0.3 is 5.97 Å². The number of hydrogen-bond donors (Lipinski definition) is 2. The normalized spacial score (nSPS) is 14.9. The molecule has 3 N–H and O–H groups in total. The van der Waals surface area contributed by atoms with Gasteiger partial charge in [0, 0.05) is 5.92 Å². The highest BCUT2D eigenvalue weighted by molar-refractivity contribution is 5.74. The SMILES string of the molecule is CC(C)C(c1ccccc1)[C@H](N)C(=O)O. The fraction of sp³-hybridized carbons (Fsp3) is 0.417. The van der Waals surface area contributed by atoms with E-state index in [1.165, 1.54) is 0 Å². The average molecular weight is 207 g/mol. The van der Waals surface area contributed by atoms with Crippen molar-refractivity contribution in [3.05, 3.63) is 35.9 Å². The van der Waals surface area contributed by atoms with Gasteiger partial charge in [-0.15, -0.1) is 0 Å². The van der Waals surface area contributed by atoms with Crippen molar-refractivity contribution in [2.75, 3.05) is 0 Å². The lowest BCUT2D eigenvalue weighted by molar-refractivity contribution is -0.139. The zero-order valence-electron chi connectivity index (χ0n) is 9.05. The van der Waals surface area contributed by atoms with Gasteiger partial charge in [0.1, 0.15) is 6.04 Å². The molecule has 1 aromatic rings. The summed E-state index contributed by atoms with van der Waals surface area (Å²) >= 11 is 0. The fourth-order valence-corrected chi connectivity index (χ4v) is 1.84. The standard InChI is InChI=1S/C12H17NO2/c1-8(2)10(11(13)12(14)15)9-6-4-3-5-7-9/h3-8,10-11H,13H2,1-2H3,(H,14,15)/t10?,11-/m0/s1. The number of nitrogens with two attached hydrogens (primary N) is 1. The highest BCUT2D eigenvalue weighted by atomic mass is 16.4. The largest absolute Gasteiger partial charge is 0.480 e. The zero-order valence-corrected chi connectivity index (χ0v) is 9.05. The minimum atomic E-state index is -0.947. The number of carbonyl (C=O) groups is 1. The van der Waals surface area contributed by atoms with Crippen LogP contribution in [0.5, 0.6) is 0 Å². The van der Waals surface area contributed by atoms with Crippen LogP contribution in [0.1, 0.15) is 25.3 Å². The van der Waals surface area contributed by atoms with Crippen molar-refractivity contribution >= 4 is 5.97 Å². The molecule has 0 heterocycles. The molecule has 0 aromatic heterocycles. The molecule has 0 bridgehead atoms. The van der Waals surface area contributed by atoms with Crippen molar-refractivity contribution in [2.45, 2.75) is 25.8 Å². The van der Waals surface area contributed by atoms with Crippen LogP contribution in [-0.2, 0) is 4.79 Å². The van der Waals surface area contributed by atoms with Crippen LogP contribution >= 0.6 is 0 Å². The van der Waals surface area contributed by atoms with E-state index in [2.05, 4.69) is 0 Å². The summed E-state index contributed by atoms with van der Waals surface area (Å²) in [4.78, 5) is 10.9. The third kappa shape index (κ3) is 2.80. The van der Waals surface area contributed by atoms with Gasteiger partial charge in [-0.1, -0.05) is 44.2 Å². The predicted molar refractivity (Wildman–Crippen MR) is 59.6 cm³/mol. The van der Waals surface area contributed by atoms with Gasteiger partial charge in [0.15, 0.2) is 0 Å². The average Bonchev–Trinajstić information content (AvgIpc) is 2.18. The van der Waals surface area contributed by atoms with Crippen LogP contribution in [0.2, 0.25) is 0 Å². The highest BCUT2D eigenvalue weighted by Crippen LogP contribution is 2.26. The summed E-state index contributed by atoms with van der Waals surface area (Å²) in [6, 6.07) is 8.72. The zero-order chi connectivity index (χ0) is 11.4. The summed E-state index contributed by atoms with van der Waals surface area (Å²) in [5, 5.41) is 8.94. The fourth-order valence-electron chi connectivity index (χ4n) is 1.84. The third-order valence-electron chi connectivity index (χ3n) is 2.57. The van der Waals surface area contributed by atoms with Crippen LogP contribution in [0.15, 0.2) is 30.3 Å². The van der Waals surface area contributed by atoms with E-state index >= 15 is 0 Å². The second kappa shape index (κ2) is 4.94. The van der Waals surface area contributed by atoms with Crippen LogP contribution < -0.4 is 5.73 Å². The second-order valence-corrected chi connectivity index (χ2v) is 4.04. The highest BCUT2D eigenvalue weighted by Gasteiger charge is 2.28. The van der Waals surface area contributed by atoms with Gasteiger partial charge in [0.2, 0.25) is 0 Å². The molecule has 82 valence electrons. The number of benzene rings is 1. The Hall–Kier alpha value is -1.35. The van der Waals surface area contributed by atoms with Gasteiger partial charge in [-0.25, -0.2) is 0 Å². The minimum Gasteiger partial charge on any atom is -0.480 e. The molecule has 0 aliphatic rings. The first-order chi connectivity index (χ1) is 7.04. The van der Waals surface area contributed by atoms with E-state index in [0.29, 0.717) is 0 Å². The molecule has 0 radical (unpaired) electrons. The van der Waals surface area contributed by atoms with E-state index in [1.54, 1.807) is 0 Å². The van der Waals surface area contributed by atoms with Gasteiger partial charge < -0.3 is 10.8 Å². The molecular formula is C12H17NO2. The third-order valence-corrected chi connectivity index (χ3v) is 2.57. The number of carboxylic acid groups (broad SMARTS) is 1. The topological polar surface area (TPSA) is 63.3 Å². The Balaban J connectivity index is 2.99. The molecule has 1 rings (SSSR count). The molecule has 1 aromatic carbocycles. The van der Waals surface area contributed by atoms with Crippen molar-refractivity contribution < 1.29 is 9.90 Å². The summed E-state index contributed by atoms with van der Waals surface area (Å²) < 4.78 is 0. The van der Waals surface area contributed by atoms with E-state index in [1.807, 2.05) is 44.2 Å². The van der Waals surface area contributed by atoms with Crippen LogP contribution in [0.25, 0.3) is 0 Å². The maximum Gasteiger partial charge on any atom is 0.321 e. The van der Waals surface area contributed by atoms with Gasteiger partial charge in [0.05, 0.1) is 0 Å². The maximum absolute atomic E-state index is 10.9. The summed E-state index contributed by atoms with van der Waals surface area (Å²) in [5.74, 6) is -0.875. The second-order valence-electron chi connectivity index (χ2n) is 4.04. The van der Waals surface area contributed by atoms with Gasteiger partial charge in [-0.2, -0.15) is 0 Å². The van der Waals surface area contributed by atoms with E-state index in [9.17, 15) is 4.79 Å². The van der Waals surface area contributed by atoms with Crippen LogP contribution in [-0.4, -0.2) is 17.1 Å². The molecule has 1 unspecified atom stereocenters. The molecule has 0 saturated carbocycles. The Bertz CT molecular complexity index is 322. The van der Waals surface area contributed by atoms with E-state index in [4.69, 9.17) is 10.8 Å². The molecule has 0 aliphatic heterocycles. The van der Waals surface area contributed by atoms with E-state index < -0.39 is 12.0 Å². The molecule has 0 fully saturated rings. The quantitative estimate of drug-likeness (QED) is 0.791. The Labute approximate surface area is 89.9 Å². The minimum absolute atomic E-state index is 0.135. The first-order valence-corrected chi connectivity index (χ1v) is 5.07. The Morgan fingerprint density at radius 3 is 2.20 bits per heavy atom. The lowest BCUT2D eigenvalue weighted by atomic mass is 9.83. The number of hydrogen-bond acceptors (Lipinski definition) is 2. The van der Waals surface area contributed by atoms with Crippen molar-refractivity contribution in [1.82, 2.24) is 0 Å². The lowest BCUT2D eigenvalue weighted by Gasteiger charge is -2.24. The first kappa shape index (κ1) is 11.7.